The van der Waals surface area contributed by atoms with Crippen molar-refractivity contribution in [1.29, 1.82) is 0 Å². The number of hydrogen-bond acceptors (Lipinski definition) is 5. The number of aryl methyl sites for hydroxylation is 1. The summed E-state index contributed by atoms with van der Waals surface area (Å²) in [6.07, 6.45) is 0. The van der Waals surface area contributed by atoms with Gasteiger partial charge in [0, 0.05) is 17.8 Å². The highest BCUT2D eigenvalue weighted by Gasteiger charge is 2.16. The average Bonchev–Trinajstić information content (AvgIpc) is 2.98. The van der Waals surface area contributed by atoms with Gasteiger partial charge in [0.2, 0.25) is 5.88 Å². The largest absolute Gasteiger partial charge is 0.493 e. The van der Waals surface area contributed by atoms with E-state index in [1.54, 1.807) is 42.5 Å². The summed E-state index contributed by atoms with van der Waals surface area (Å²) in [5.41, 5.74) is 0.564. The zero-order valence-corrected chi connectivity index (χ0v) is 13.7. The number of aromatic nitrogens is 3. The first-order valence-corrected chi connectivity index (χ1v) is 7.78. The van der Waals surface area contributed by atoms with E-state index in [0.717, 1.165) is 4.68 Å². The SMILES string of the molecule is Cn1nc(C(=O)N=Nc2c(O)[nH]c3ccccc23)c2ccccc2c1=O. The lowest BCUT2D eigenvalue weighted by atomic mass is 10.1. The van der Waals surface area contributed by atoms with Crippen LogP contribution >= 0.6 is 0 Å². The fourth-order valence-electron chi connectivity index (χ4n) is 2.81. The normalized spacial score (nSPS) is 11.6. The van der Waals surface area contributed by atoms with E-state index in [9.17, 15) is 14.7 Å². The van der Waals surface area contributed by atoms with Crippen LogP contribution < -0.4 is 5.56 Å². The number of benzene rings is 2. The number of aromatic amines is 1. The summed E-state index contributed by atoms with van der Waals surface area (Å²) < 4.78 is 1.09. The molecule has 2 N–H and O–H groups in total. The molecule has 0 aliphatic carbocycles. The number of nitrogens with zero attached hydrogens (tertiary/aromatic N) is 4. The maximum Gasteiger partial charge on any atom is 0.316 e. The summed E-state index contributed by atoms with van der Waals surface area (Å²) in [5, 5.41) is 23.0. The number of amides is 1. The second kappa shape index (κ2) is 5.92. The van der Waals surface area contributed by atoms with Crippen LogP contribution in [0.15, 0.2) is 63.6 Å². The van der Waals surface area contributed by atoms with Crippen LogP contribution in [0.2, 0.25) is 0 Å². The number of aromatic hydroxyl groups is 1. The maximum atomic E-state index is 12.5. The first-order valence-electron chi connectivity index (χ1n) is 7.78. The highest BCUT2D eigenvalue weighted by molar-refractivity contribution is 6.05. The second-order valence-corrected chi connectivity index (χ2v) is 5.70. The summed E-state index contributed by atoms with van der Waals surface area (Å²) >= 11 is 0. The number of nitrogens with one attached hydrogen (secondary N) is 1. The van der Waals surface area contributed by atoms with E-state index < -0.39 is 5.91 Å². The first kappa shape index (κ1) is 15.7. The van der Waals surface area contributed by atoms with Crippen molar-refractivity contribution in [2.75, 3.05) is 0 Å². The molecule has 0 saturated carbocycles. The van der Waals surface area contributed by atoms with Crippen LogP contribution in [0, 0.1) is 0 Å². The van der Waals surface area contributed by atoms with Crippen molar-refractivity contribution in [3.8, 4) is 5.88 Å². The highest BCUT2D eigenvalue weighted by Crippen LogP contribution is 2.35. The van der Waals surface area contributed by atoms with Crippen molar-refractivity contribution in [3.63, 3.8) is 0 Å². The van der Waals surface area contributed by atoms with Gasteiger partial charge in [-0.2, -0.15) is 5.10 Å². The van der Waals surface area contributed by atoms with Crippen LogP contribution in [0.4, 0.5) is 5.69 Å². The minimum atomic E-state index is -0.707. The first-order chi connectivity index (χ1) is 12.6. The number of hydrogen-bond donors (Lipinski definition) is 2. The maximum absolute atomic E-state index is 12.5. The number of azo groups is 1. The molecule has 2 aromatic carbocycles. The Morgan fingerprint density at radius 3 is 2.50 bits per heavy atom. The lowest BCUT2D eigenvalue weighted by molar-refractivity contribution is 0.0990. The Bertz CT molecular complexity index is 1250. The molecule has 2 heterocycles. The highest BCUT2D eigenvalue weighted by atomic mass is 16.3. The number of para-hydroxylation sites is 1. The number of H-pyrrole nitrogens is 1. The van der Waals surface area contributed by atoms with Gasteiger partial charge < -0.3 is 10.1 Å². The zero-order chi connectivity index (χ0) is 18.3. The number of fused-ring (bicyclic) bond motifs is 2. The molecule has 0 atom stereocenters. The standard InChI is InChI=1S/C18H13N5O3/c1-23-18(26)11-7-3-2-6-10(11)15(22-23)17(25)21-20-14-12-8-4-5-9-13(12)19-16(14)24/h2-9,19,24H,1H3. The Morgan fingerprint density at radius 1 is 1.08 bits per heavy atom. The summed E-state index contributed by atoms with van der Waals surface area (Å²) in [5.74, 6) is -0.887. The van der Waals surface area contributed by atoms with E-state index >= 15 is 0 Å². The molecule has 26 heavy (non-hydrogen) atoms. The molecule has 0 saturated heterocycles. The molecule has 4 rings (SSSR count). The molecule has 0 fully saturated rings. The van der Waals surface area contributed by atoms with Gasteiger partial charge in [0.25, 0.3) is 5.56 Å². The molecular formula is C18H13N5O3. The van der Waals surface area contributed by atoms with Crippen LogP contribution in [0.3, 0.4) is 0 Å². The third-order valence-corrected chi connectivity index (χ3v) is 4.06. The fraction of sp³-hybridized carbons (Fsp3) is 0.0556. The predicted octanol–water partition coefficient (Wildman–Crippen LogP) is 3.04. The predicted molar refractivity (Wildman–Crippen MR) is 95.8 cm³/mol. The van der Waals surface area contributed by atoms with E-state index in [-0.39, 0.29) is 22.8 Å². The van der Waals surface area contributed by atoms with Crippen LogP contribution in [-0.2, 0) is 7.05 Å². The van der Waals surface area contributed by atoms with E-state index in [1.807, 2.05) is 6.07 Å². The smallest absolute Gasteiger partial charge is 0.316 e. The van der Waals surface area contributed by atoms with E-state index in [0.29, 0.717) is 21.7 Å². The Kier molecular flexibility index (Phi) is 3.58. The summed E-state index contributed by atoms with van der Waals surface area (Å²) in [4.78, 5) is 27.4. The van der Waals surface area contributed by atoms with E-state index in [4.69, 9.17) is 0 Å². The van der Waals surface area contributed by atoms with Gasteiger partial charge in [-0.15, -0.1) is 10.2 Å². The Morgan fingerprint density at radius 2 is 1.73 bits per heavy atom. The Balaban J connectivity index is 1.81. The molecule has 1 amide bonds. The summed E-state index contributed by atoms with van der Waals surface area (Å²) in [6, 6.07) is 13.8. The average molecular weight is 347 g/mol. The summed E-state index contributed by atoms with van der Waals surface area (Å²) in [7, 11) is 1.47. The molecule has 0 radical (unpaired) electrons. The number of carbonyl (C=O) groups excluding carboxylic acids is 1. The quantitative estimate of drug-likeness (QED) is 0.543. The zero-order valence-electron chi connectivity index (χ0n) is 13.7. The molecule has 2 aromatic heterocycles. The molecule has 4 aromatic rings. The third-order valence-electron chi connectivity index (χ3n) is 4.06. The van der Waals surface area contributed by atoms with Crippen LogP contribution in [-0.4, -0.2) is 25.8 Å². The minimum absolute atomic E-state index is 0.0192. The third kappa shape index (κ3) is 2.44. The fourth-order valence-corrected chi connectivity index (χ4v) is 2.81. The lowest BCUT2D eigenvalue weighted by Gasteiger charge is -2.04. The van der Waals surface area contributed by atoms with Gasteiger partial charge in [0.1, 0.15) is 0 Å². The molecule has 8 nitrogen and oxygen atoms in total. The van der Waals surface area contributed by atoms with Crippen molar-refractivity contribution in [1.82, 2.24) is 14.8 Å². The van der Waals surface area contributed by atoms with Gasteiger partial charge in [-0.1, -0.05) is 36.4 Å². The van der Waals surface area contributed by atoms with Crippen molar-refractivity contribution < 1.29 is 9.90 Å². The van der Waals surface area contributed by atoms with Gasteiger partial charge >= 0.3 is 5.91 Å². The molecule has 0 bridgehead atoms. The van der Waals surface area contributed by atoms with Crippen molar-refractivity contribution >= 4 is 33.3 Å². The molecule has 8 heteroatoms. The molecular weight excluding hydrogens is 334 g/mol. The van der Waals surface area contributed by atoms with Crippen LogP contribution in [0.1, 0.15) is 10.5 Å². The number of carbonyl (C=O) groups is 1. The molecule has 0 spiro atoms. The van der Waals surface area contributed by atoms with Gasteiger partial charge in [-0.25, -0.2) is 4.68 Å². The second-order valence-electron chi connectivity index (χ2n) is 5.70. The summed E-state index contributed by atoms with van der Waals surface area (Å²) in [6.45, 7) is 0. The van der Waals surface area contributed by atoms with Crippen molar-refractivity contribution in [2.45, 2.75) is 0 Å². The molecule has 128 valence electrons. The van der Waals surface area contributed by atoms with Gasteiger partial charge in [-0.05, 0) is 12.1 Å². The lowest BCUT2D eigenvalue weighted by Crippen LogP contribution is -2.22. The molecule has 0 aliphatic heterocycles. The topological polar surface area (TPSA) is 113 Å². The Hall–Kier alpha value is -3.81. The molecule has 0 unspecified atom stereocenters. The van der Waals surface area contributed by atoms with Crippen LogP contribution in [0.5, 0.6) is 5.88 Å². The molecule has 0 aliphatic rings. The Labute approximate surface area is 146 Å². The van der Waals surface area contributed by atoms with Gasteiger partial charge in [-0.3, -0.25) is 9.59 Å². The van der Waals surface area contributed by atoms with Crippen molar-refractivity contribution in [3.05, 3.63) is 64.6 Å². The van der Waals surface area contributed by atoms with E-state index in [1.165, 1.54) is 7.05 Å². The van der Waals surface area contributed by atoms with Gasteiger partial charge in [0.15, 0.2) is 11.4 Å². The van der Waals surface area contributed by atoms with Crippen molar-refractivity contribution in [2.24, 2.45) is 17.3 Å². The van der Waals surface area contributed by atoms with Gasteiger partial charge in [0.05, 0.1) is 10.9 Å². The monoisotopic (exact) mass is 347 g/mol. The minimum Gasteiger partial charge on any atom is -0.493 e. The van der Waals surface area contributed by atoms with E-state index in [2.05, 4.69) is 20.3 Å². The van der Waals surface area contributed by atoms with Crippen LogP contribution in [0.25, 0.3) is 21.7 Å². The number of rotatable bonds is 2.